The largest absolute Gasteiger partial charge is 0.497 e. The van der Waals surface area contributed by atoms with Gasteiger partial charge < -0.3 is 15.8 Å². The summed E-state index contributed by atoms with van der Waals surface area (Å²) in [5.74, 6) is -2.65. The van der Waals surface area contributed by atoms with Crippen LogP contribution in [0.15, 0.2) is 24.3 Å². The van der Waals surface area contributed by atoms with Crippen molar-refractivity contribution in [3.63, 3.8) is 0 Å². The lowest BCUT2D eigenvalue weighted by Crippen LogP contribution is -2.41. The van der Waals surface area contributed by atoms with E-state index in [1.54, 1.807) is 7.11 Å². The van der Waals surface area contributed by atoms with Gasteiger partial charge in [-0.25, -0.2) is 8.78 Å². The van der Waals surface area contributed by atoms with Crippen molar-refractivity contribution in [2.75, 3.05) is 20.2 Å². The van der Waals surface area contributed by atoms with Gasteiger partial charge in [-0.05, 0) is 30.5 Å². The van der Waals surface area contributed by atoms with Gasteiger partial charge in [0.05, 0.1) is 20.2 Å². The second-order valence-corrected chi connectivity index (χ2v) is 4.54. The molecule has 0 atom stereocenters. The molecule has 0 fully saturated rings. The highest BCUT2D eigenvalue weighted by Gasteiger charge is 2.26. The highest BCUT2D eigenvalue weighted by molar-refractivity contribution is 5.75. The first-order valence-electron chi connectivity index (χ1n) is 6.44. The monoisotopic (exact) mass is 286 g/mol. The molecule has 0 radical (unpaired) electrons. The molecule has 4 nitrogen and oxygen atoms in total. The van der Waals surface area contributed by atoms with Crippen LogP contribution in [0.5, 0.6) is 5.75 Å². The van der Waals surface area contributed by atoms with Gasteiger partial charge in [-0.15, -0.1) is 0 Å². The fraction of sp³-hybridized carbons (Fsp3) is 0.500. The molecule has 112 valence electrons. The van der Waals surface area contributed by atoms with Crippen LogP contribution in [0.1, 0.15) is 18.4 Å². The normalized spacial score (nSPS) is 11.2. The number of carbonyl (C=O) groups excluding carboxylic acids is 1. The summed E-state index contributed by atoms with van der Waals surface area (Å²) in [4.78, 5) is 11.4. The van der Waals surface area contributed by atoms with Crippen molar-refractivity contribution in [1.29, 1.82) is 0 Å². The van der Waals surface area contributed by atoms with Gasteiger partial charge in [0.15, 0.2) is 0 Å². The first-order chi connectivity index (χ1) is 9.46. The first kappa shape index (κ1) is 16.4. The summed E-state index contributed by atoms with van der Waals surface area (Å²) >= 11 is 0. The number of methoxy groups -OCH3 is 1. The fourth-order valence-electron chi connectivity index (χ4n) is 1.63. The number of halogens is 2. The molecule has 20 heavy (non-hydrogen) atoms. The minimum atomic E-state index is -3.04. The van der Waals surface area contributed by atoms with E-state index in [2.05, 4.69) is 5.32 Å². The number of carbonyl (C=O) groups is 1. The number of ether oxygens (including phenoxy) is 1. The fourth-order valence-corrected chi connectivity index (χ4v) is 1.63. The highest BCUT2D eigenvalue weighted by atomic mass is 19.3. The van der Waals surface area contributed by atoms with E-state index in [9.17, 15) is 13.6 Å². The molecule has 0 unspecified atom stereocenters. The van der Waals surface area contributed by atoms with Gasteiger partial charge in [0.2, 0.25) is 5.91 Å². The van der Waals surface area contributed by atoms with E-state index in [1.807, 2.05) is 24.3 Å². The third-order valence-corrected chi connectivity index (χ3v) is 2.87. The van der Waals surface area contributed by atoms with E-state index in [4.69, 9.17) is 10.5 Å². The molecule has 0 saturated heterocycles. The average molecular weight is 286 g/mol. The molecule has 0 spiro atoms. The van der Waals surface area contributed by atoms with Crippen LogP contribution in [0.2, 0.25) is 0 Å². The maximum Gasteiger partial charge on any atom is 0.277 e. The van der Waals surface area contributed by atoms with Gasteiger partial charge in [-0.2, -0.15) is 0 Å². The van der Waals surface area contributed by atoms with E-state index < -0.39 is 19.0 Å². The summed E-state index contributed by atoms with van der Waals surface area (Å²) in [7, 11) is 1.59. The number of amides is 1. The van der Waals surface area contributed by atoms with Crippen molar-refractivity contribution in [3.8, 4) is 5.75 Å². The van der Waals surface area contributed by atoms with Crippen LogP contribution in [-0.2, 0) is 11.2 Å². The van der Waals surface area contributed by atoms with Gasteiger partial charge in [0.25, 0.3) is 5.92 Å². The number of hydrogen-bond donors (Lipinski definition) is 2. The molecule has 6 heteroatoms. The molecule has 0 saturated carbocycles. The second-order valence-electron chi connectivity index (χ2n) is 4.54. The van der Waals surface area contributed by atoms with Crippen LogP contribution in [0.3, 0.4) is 0 Å². The molecule has 1 aromatic carbocycles. The van der Waals surface area contributed by atoms with E-state index >= 15 is 0 Å². The maximum atomic E-state index is 12.8. The summed E-state index contributed by atoms with van der Waals surface area (Å²) in [5.41, 5.74) is 5.96. The van der Waals surface area contributed by atoms with E-state index in [0.717, 1.165) is 11.3 Å². The summed E-state index contributed by atoms with van der Waals surface area (Å²) in [5, 5.41) is 2.19. The smallest absolute Gasteiger partial charge is 0.277 e. The molecule has 1 amide bonds. The van der Waals surface area contributed by atoms with Crippen LogP contribution in [0.4, 0.5) is 8.78 Å². The number of rotatable bonds is 8. The zero-order chi connectivity index (χ0) is 15.0. The van der Waals surface area contributed by atoms with E-state index in [-0.39, 0.29) is 12.3 Å². The van der Waals surface area contributed by atoms with Crippen molar-refractivity contribution >= 4 is 5.91 Å². The van der Waals surface area contributed by atoms with E-state index in [1.165, 1.54) is 0 Å². The zero-order valence-electron chi connectivity index (χ0n) is 11.5. The minimum absolute atomic E-state index is 0.215. The van der Waals surface area contributed by atoms with Gasteiger partial charge >= 0.3 is 0 Å². The Hall–Kier alpha value is -1.69. The summed E-state index contributed by atoms with van der Waals surface area (Å²) in [6, 6.07) is 7.52. The Morgan fingerprint density at radius 1 is 1.35 bits per heavy atom. The quantitative estimate of drug-likeness (QED) is 0.765. The Morgan fingerprint density at radius 2 is 2.00 bits per heavy atom. The lowest BCUT2D eigenvalue weighted by Gasteiger charge is -2.14. The molecular formula is C14H20F2N2O2. The molecule has 0 aliphatic carbocycles. The summed E-state index contributed by atoms with van der Waals surface area (Å²) < 4.78 is 30.7. The van der Waals surface area contributed by atoms with Crippen molar-refractivity contribution in [2.24, 2.45) is 5.73 Å². The van der Waals surface area contributed by atoms with Gasteiger partial charge in [-0.1, -0.05) is 12.1 Å². The zero-order valence-corrected chi connectivity index (χ0v) is 11.5. The topological polar surface area (TPSA) is 64.3 Å². The van der Waals surface area contributed by atoms with Crippen LogP contribution in [0.25, 0.3) is 0 Å². The number of hydrogen-bond acceptors (Lipinski definition) is 3. The van der Waals surface area contributed by atoms with Gasteiger partial charge in [0, 0.05) is 6.42 Å². The maximum absolute atomic E-state index is 12.8. The van der Waals surface area contributed by atoms with Crippen LogP contribution < -0.4 is 15.8 Å². The first-order valence-corrected chi connectivity index (χ1v) is 6.44. The number of benzene rings is 1. The summed E-state index contributed by atoms with van der Waals surface area (Å²) in [6.07, 6.45) is 1.53. The predicted molar refractivity (Wildman–Crippen MR) is 72.9 cm³/mol. The van der Waals surface area contributed by atoms with Crippen molar-refractivity contribution < 1.29 is 18.3 Å². The Morgan fingerprint density at radius 3 is 2.55 bits per heavy atom. The standard InChI is InChI=1S/C14H20F2N2O2/c1-20-12-7-5-11(6-8-12)3-2-4-13(19)18-10-14(15,16)9-17/h5-8H,2-4,9-10,17H2,1H3,(H,18,19). The Balaban J connectivity index is 2.24. The molecule has 1 rings (SSSR count). The molecule has 0 bridgehead atoms. The van der Waals surface area contributed by atoms with Gasteiger partial charge in [0.1, 0.15) is 5.75 Å². The van der Waals surface area contributed by atoms with Crippen molar-refractivity contribution in [2.45, 2.75) is 25.2 Å². The number of nitrogens with two attached hydrogens (primary N) is 1. The SMILES string of the molecule is COc1ccc(CCCC(=O)NCC(F)(F)CN)cc1. The Labute approximate surface area is 117 Å². The Kier molecular flexibility index (Phi) is 6.38. The predicted octanol–water partition coefficient (Wildman–Crippen LogP) is 1.73. The number of aryl methyl sites for hydroxylation is 1. The van der Waals surface area contributed by atoms with Crippen LogP contribution >= 0.6 is 0 Å². The third kappa shape index (κ3) is 5.97. The molecule has 3 N–H and O–H groups in total. The second kappa shape index (κ2) is 7.79. The highest BCUT2D eigenvalue weighted by Crippen LogP contribution is 2.13. The van der Waals surface area contributed by atoms with Crippen molar-refractivity contribution in [3.05, 3.63) is 29.8 Å². The molecule has 1 aromatic rings. The average Bonchev–Trinajstić information content (AvgIpc) is 2.46. The Bertz CT molecular complexity index is 422. The lowest BCUT2D eigenvalue weighted by molar-refractivity contribution is -0.122. The van der Waals surface area contributed by atoms with E-state index in [0.29, 0.717) is 12.8 Å². The summed E-state index contributed by atoms with van der Waals surface area (Å²) in [6.45, 7) is -1.47. The number of nitrogens with one attached hydrogen (secondary N) is 1. The molecular weight excluding hydrogens is 266 g/mol. The number of alkyl halides is 2. The van der Waals surface area contributed by atoms with Gasteiger partial charge in [-0.3, -0.25) is 4.79 Å². The van der Waals surface area contributed by atoms with Crippen LogP contribution in [0, 0.1) is 0 Å². The molecule has 0 aliphatic heterocycles. The van der Waals surface area contributed by atoms with Crippen molar-refractivity contribution in [1.82, 2.24) is 5.32 Å². The molecule has 0 aliphatic rings. The third-order valence-electron chi connectivity index (χ3n) is 2.87. The molecule has 0 aromatic heterocycles. The molecule has 0 heterocycles. The minimum Gasteiger partial charge on any atom is -0.497 e. The van der Waals surface area contributed by atoms with Crippen LogP contribution in [-0.4, -0.2) is 32.0 Å². The lowest BCUT2D eigenvalue weighted by atomic mass is 10.1.